The Bertz CT molecular complexity index is 964. The van der Waals surface area contributed by atoms with Crippen LogP contribution >= 0.6 is 0 Å². The lowest BCUT2D eigenvalue weighted by Gasteiger charge is -2.22. The van der Waals surface area contributed by atoms with Gasteiger partial charge < -0.3 is 19.5 Å². The minimum atomic E-state index is -1.12. The minimum absolute atomic E-state index is 0.0810. The molecule has 0 unspecified atom stereocenters. The largest absolute Gasteiger partial charge is 0.496 e. The zero-order valence-corrected chi connectivity index (χ0v) is 15.5. The van der Waals surface area contributed by atoms with Crippen LogP contribution in [-0.4, -0.2) is 36.3 Å². The maximum Gasteiger partial charge on any atom is 0.325 e. The summed E-state index contributed by atoms with van der Waals surface area (Å²) in [7, 11) is 1.45. The predicted octanol–water partition coefficient (Wildman–Crippen LogP) is 2.62. The average Bonchev–Trinajstić information content (AvgIpc) is 3.20. The maximum atomic E-state index is 13.6. The third-order valence-electron chi connectivity index (χ3n) is 4.91. The molecule has 28 heavy (non-hydrogen) atoms. The summed E-state index contributed by atoms with van der Waals surface area (Å²) in [6, 6.07) is 8.86. The molecule has 1 N–H and O–H groups in total. The van der Waals surface area contributed by atoms with Crippen LogP contribution < -0.4 is 19.5 Å². The number of halogens is 1. The maximum absolute atomic E-state index is 13.6. The van der Waals surface area contributed by atoms with E-state index in [1.165, 1.54) is 25.3 Å². The fourth-order valence-electron chi connectivity index (χ4n) is 3.51. The van der Waals surface area contributed by atoms with Gasteiger partial charge in [-0.15, -0.1) is 0 Å². The monoisotopic (exact) mass is 386 g/mol. The molecule has 4 rings (SSSR count). The zero-order chi connectivity index (χ0) is 19.9. The highest BCUT2D eigenvalue weighted by molar-refractivity contribution is 6.06. The molecule has 2 heterocycles. The van der Waals surface area contributed by atoms with Gasteiger partial charge in [0.2, 0.25) is 6.79 Å². The van der Waals surface area contributed by atoms with Crippen molar-refractivity contribution in [1.82, 2.24) is 10.2 Å². The van der Waals surface area contributed by atoms with E-state index in [0.29, 0.717) is 22.8 Å². The number of imide groups is 1. The van der Waals surface area contributed by atoms with E-state index in [1.54, 1.807) is 19.1 Å². The second-order valence-corrected chi connectivity index (χ2v) is 6.97. The van der Waals surface area contributed by atoms with Crippen LogP contribution in [0.4, 0.5) is 9.18 Å². The summed E-state index contributed by atoms with van der Waals surface area (Å²) >= 11 is 0. The lowest BCUT2D eigenvalue weighted by atomic mass is 9.92. The van der Waals surface area contributed by atoms with Gasteiger partial charge in [-0.05, 0) is 42.8 Å². The summed E-state index contributed by atoms with van der Waals surface area (Å²) in [5, 5.41) is 2.75. The highest BCUT2D eigenvalue weighted by Gasteiger charge is 2.47. The van der Waals surface area contributed by atoms with E-state index >= 15 is 0 Å². The molecule has 2 aromatic carbocycles. The molecular weight excluding hydrogens is 367 g/mol. The molecular formula is C20H19FN2O5. The molecule has 1 atom stereocenters. The highest BCUT2D eigenvalue weighted by Crippen LogP contribution is 2.34. The molecule has 8 heteroatoms. The van der Waals surface area contributed by atoms with Gasteiger partial charge in [0, 0.05) is 12.0 Å². The van der Waals surface area contributed by atoms with Crippen molar-refractivity contribution in [1.29, 1.82) is 0 Å². The number of carbonyl (C=O) groups excluding carboxylic acids is 2. The van der Waals surface area contributed by atoms with Gasteiger partial charge in [-0.2, -0.15) is 0 Å². The Morgan fingerprint density at radius 1 is 1.18 bits per heavy atom. The zero-order valence-electron chi connectivity index (χ0n) is 15.5. The smallest absolute Gasteiger partial charge is 0.325 e. The lowest BCUT2D eigenvalue weighted by molar-refractivity contribution is -0.131. The van der Waals surface area contributed by atoms with E-state index < -0.39 is 17.4 Å². The highest BCUT2D eigenvalue weighted by atomic mass is 19.1. The van der Waals surface area contributed by atoms with Gasteiger partial charge in [-0.1, -0.05) is 6.07 Å². The number of carbonyl (C=O) groups is 2. The number of nitrogens with one attached hydrogen (secondary N) is 1. The van der Waals surface area contributed by atoms with Crippen LogP contribution in [0.2, 0.25) is 0 Å². The van der Waals surface area contributed by atoms with E-state index in [9.17, 15) is 14.0 Å². The molecule has 146 valence electrons. The molecule has 1 saturated heterocycles. The van der Waals surface area contributed by atoms with E-state index in [2.05, 4.69) is 5.32 Å². The molecule has 2 aliphatic heterocycles. The molecule has 2 aromatic rings. The number of amides is 3. The van der Waals surface area contributed by atoms with Crippen molar-refractivity contribution >= 4 is 11.9 Å². The molecule has 0 aromatic heterocycles. The number of rotatable bonds is 5. The quantitative estimate of drug-likeness (QED) is 0.800. The number of benzene rings is 2. The van der Waals surface area contributed by atoms with E-state index in [4.69, 9.17) is 14.2 Å². The van der Waals surface area contributed by atoms with Crippen molar-refractivity contribution in [2.75, 3.05) is 13.9 Å². The number of fused-ring (bicyclic) bond motifs is 1. The van der Waals surface area contributed by atoms with Crippen LogP contribution in [0.15, 0.2) is 36.4 Å². The van der Waals surface area contributed by atoms with Crippen LogP contribution in [0.3, 0.4) is 0 Å². The van der Waals surface area contributed by atoms with Crippen LogP contribution in [0.5, 0.6) is 17.2 Å². The molecule has 0 saturated carbocycles. The summed E-state index contributed by atoms with van der Waals surface area (Å²) in [5.41, 5.74) is 0.120. The first-order chi connectivity index (χ1) is 13.4. The van der Waals surface area contributed by atoms with Gasteiger partial charge in [-0.25, -0.2) is 9.18 Å². The third-order valence-corrected chi connectivity index (χ3v) is 4.91. The van der Waals surface area contributed by atoms with Crippen LogP contribution in [0.25, 0.3) is 0 Å². The second-order valence-electron chi connectivity index (χ2n) is 6.97. The fraction of sp³-hybridized carbons (Fsp3) is 0.300. The Kier molecular flexibility index (Phi) is 4.33. The molecule has 1 fully saturated rings. The lowest BCUT2D eigenvalue weighted by Crippen LogP contribution is -2.45. The van der Waals surface area contributed by atoms with Crippen LogP contribution in [0.1, 0.15) is 18.1 Å². The third kappa shape index (κ3) is 3.11. The summed E-state index contributed by atoms with van der Waals surface area (Å²) in [4.78, 5) is 26.6. The molecule has 3 amide bonds. The van der Waals surface area contributed by atoms with Crippen LogP contribution in [-0.2, 0) is 17.8 Å². The van der Waals surface area contributed by atoms with Gasteiger partial charge in [0.15, 0.2) is 11.5 Å². The Morgan fingerprint density at radius 3 is 2.75 bits per heavy atom. The number of ether oxygens (including phenoxy) is 3. The van der Waals surface area contributed by atoms with Crippen molar-refractivity contribution in [2.45, 2.75) is 25.4 Å². The van der Waals surface area contributed by atoms with Crippen molar-refractivity contribution < 1.29 is 28.2 Å². The fourth-order valence-corrected chi connectivity index (χ4v) is 3.51. The Labute approximate surface area is 161 Å². The predicted molar refractivity (Wildman–Crippen MR) is 96.7 cm³/mol. The number of hydrogen-bond donors (Lipinski definition) is 1. The Hall–Kier alpha value is -3.29. The topological polar surface area (TPSA) is 77.1 Å². The molecule has 0 bridgehead atoms. The minimum Gasteiger partial charge on any atom is -0.496 e. The molecule has 0 spiro atoms. The Balaban J connectivity index is 1.55. The summed E-state index contributed by atoms with van der Waals surface area (Å²) < 4.78 is 29.5. The Morgan fingerprint density at radius 2 is 1.96 bits per heavy atom. The normalized spacial score (nSPS) is 20.5. The summed E-state index contributed by atoms with van der Waals surface area (Å²) in [6.07, 6.45) is 0.283. The summed E-state index contributed by atoms with van der Waals surface area (Å²) in [5.74, 6) is 0.813. The molecule has 2 aliphatic rings. The van der Waals surface area contributed by atoms with E-state index in [-0.39, 0.29) is 25.7 Å². The van der Waals surface area contributed by atoms with E-state index in [1.807, 2.05) is 6.07 Å². The number of hydrogen-bond acceptors (Lipinski definition) is 5. The standard InChI is InChI=1S/C20H19FN2O5/c1-20(9-12-3-5-16-17(7-12)28-11-27-16)18(24)23(19(25)22-20)10-13-8-14(21)4-6-15(13)26-2/h3-8H,9-11H2,1-2H3,(H,22,25)/t20-/m0/s1. The first kappa shape index (κ1) is 18.1. The van der Waals surface area contributed by atoms with Crippen molar-refractivity contribution in [3.63, 3.8) is 0 Å². The summed E-state index contributed by atoms with van der Waals surface area (Å²) in [6.45, 7) is 1.75. The SMILES string of the molecule is COc1ccc(F)cc1CN1C(=O)N[C@@](C)(Cc2ccc3c(c2)OCO3)C1=O. The van der Waals surface area contributed by atoms with Gasteiger partial charge >= 0.3 is 6.03 Å². The van der Waals surface area contributed by atoms with Gasteiger partial charge in [-0.3, -0.25) is 9.69 Å². The molecule has 0 radical (unpaired) electrons. The first-order valence-electron chi connectivity index (χ1n) is 8.75. The molecule has 0 aliphatic carbocycles. The number of nitrogens with zero attached hydrogens (tertiary/aromatic N) is 1. The van der Waals surface area contributed by atoms with Gasteiger partial charge in [0.1, 0.15) is 17.1 Å². The van der Waals surface area contributed by atoms with Gasteiger partial charge in [0.25, 0.3) is 5.91 Å². The van der Waals surface area contributed by atoms with Crippen molar-refractivity contribution in [2.24, 2.45) is 0 Å². The first-order valence-corrected chi connectivity index (χ1v) is 8.75. The van der Waals surface area contributed by atoms with Crippen molar-refractivity contribution in [3.05, 3.63) is 53.3 Å². The average molecular weight is 386 g/mol. The number of methoxy groups -OCH3 is 1. The van der Waals surface area contributed by atoms with Gasteiger partial charge in [0.05, 0.1) is 13.7 Å². The van der Waals surface area contributed by atoms with Crippen molar-refractivity contribution in [3.8, 4) is 17.2 Å². The van der Waals surface area contributed by atoms with Crippen LogP contribution in [0, 0.1) is 5.82 Å². The van der Waals surface area contributed by atoms with E-state index in [0.717, 1.165) is 10.5 Å². The molecule has 7 nitrogen and oxygen atoms in total. The second kappa shape index (κ2) is 6.70. The number of urea groups is 1.